The first-order valence-corrected chi connectivity index (χ1v) is 18.4. The fraction of sp³-hybridized carbons (Fsp3) is 0.0600. The molecule has 2 heterocycles. The number of fused-ring (bicyclic) bond motifs is 9. The minimum absolute atomic E-state index is 0.0164. The second-order valence-electron chi connectivity index (χ2n) is 14.9. The first kappa shape index (κ1) is 30.7. The molecule has 0 fully saturated rings. The fourth-order valence-corrected chi connectivity index (χ4v) is 8.45. The molecule has 1 aliphatic carbocycles. The third-order valence-corrected chi connectivity index (χ3v) is 11.3. The molecule has 0 spiro atoms. The lowest BCUT2D eigenvalue weighted by atomic mass is 9.82. The van der Waals surface area contributed by atoms with E-state index in [9.17, 15) is 0 Å². The summed E-state index contributed by atoms with van der Waals surface area (Å²) in [6.45, 7) is 4.65. The molecule has 4 nitrogen and oxygen atoms in total. The van der Waals surface area contributed by atoms with E-state index in [1.54, 1.807) is 0 Å². The van der Waals surface area contributed by atoms with Crippen LogP contribution >= 0.6 is 0 Å². The van der Waals surface area contributed by atoms with Gasteiger partial charge >= 0.3 is 0 Å². The summed E-state index contributed by atoms with van der Waals surface area (Å²) in [5, 5.41) is 6.62. The summed E-state index contributed by atoms with van der Waals surface area (Å²) in [7, 11) is 0. The Kier molecular flexibility index (Phi) is 6.56. The van der Waals surface area contributed by atoms with E-state index in [0.717, 1.165) is 54.8 Å². The molecule has 0 aliphatic heterocycles. The SMILES string of the molecule is CC1(C)c2ccccc2-c2cc(-c3ccc4oc5c6cc(-c7nc(-c8ccccc8)nc(-c8ccc9ccccc9c8)n7)ccc6ccc5c4c3)ccc21. The first-order valence-electron chi connectivity index (χ1n) is 18.4. The molecule has 0 amide bonds. The largest absolute Gasteiger partial charge is 0.455 e. The predicted molar refractivity (Wildman–Crippen MR) is 221 cm³/mol. The average Bonchev–Trinajstić information content (AvgIpc) is 3.72. The van der Waals surface area contributed by atoms with Crippen LogP contribution in [0.5, 0.6) is 0 Å². The Morgan fingerprint density at radius 2 is 0.981 bits per heavy atom. The molecule has 4 heteroatoms. The van der Waals surface area contributed by atoms with Gasteiger partial charge in [-0.3, -0.25) is 0 Å². The quantitative estimate of drug-likeness (QED) is 0.184. The molecule has 254 valence electrons. The molecule has 0 atom stereocenters. The van der Waals surface area contributed by atoms with Crippen LogP contribution in [0.4, 0.5) is 0 Å². The average molecular weight is 692 g/mol. The van der Waals surface area contributed by atoms with Gasteiger partial charge in [0.1, 0.15) is 11.2 Å². The molecular formula is C50H33N3O. The van der Waals surface area contributed by atoms with Crippen molar-refractivity contribution >= 4 is 43.5 Å². The minimum atomic E-state index is -0.0164. The van der Waals surface area contributed by atoms with Gasteiger partial charge in [-0.15, -0.1) is 0 Å². The van der Waals surface area contributed by atoms with Gasteiger partial charge in [0.25, 0.3) is 0 Å². The van der Waals surface area contributed by atoms with E-state index in [-0.39, 0.29) is 5.41 Å². The molecule has 8 aromatic carbocycles. The maximum Gasteiger partial charge on any atom is 0.164 e. The number of benzene rings is 8. The molecule has 0 bridgehead atoms. The van der Waals surface area contributed by atoms with Crippen LogP contribution in [-0.2, 0) is 5.41 Å². The Bertz CT molecular complexity index is 3140. The van der Waals surface area contributed by atoms with Crippen molar-refractivity contribution in [2.24, 2.45) is 0 Å². The van der Waals surface area contributed by atoms with E-state index in [1.807, 2.05) is 30.3 Å². The zero-order valence-corrected chi connectivity index (χ0v) is 29.8. The Morgan fingerprint density at radius 1 is 0.389 bits per heavy atom. The van der Waals surface area contributed by atoms with Crippen molar-refractivity contribution in [2.45, 2.75) is 19.3 Å². The highest BCUT2D eigenvalue weighted by molar-refractivity contribution is 6.16. The molecule has 1 aliphatic rings. The van der Waals surface area contributed by atoms with Gasteiger partial charge in [-0.2, -0.15) is 0 Å². The van der Waals surface area contributed by atoms with Gasteiger partial charge in [0.2, 0.25) is 0 Å². The monoisotopic (exact) mass is 691 g/mol. The second kappa shape index (κ2) is 11.5. The zero-order valence-electron chi connectivity index (χ0n) is 29.8. The van der Waals surface area contributed by atoms with Crippen molar-refractivity contribution in [3.05, 3.63) is 175 Å². The Hall–Kier alpha value is -6.91. The standard InChI is InChI=1S/C50H33N3O/c1-50(2)43-15-9-8-14-38(43)41-27-34(21-24-44(41)50)35-22-25-45-42(28-35)39-23-20-31-17-19-37(29-40(31)46(39)54-45)49-52-47(32-11-4-3-5-12-32)51-48(53-49)36-18-16-30-10-6-7-13-33(30)26-36/h3-29H,1-2H3. The van der Waals surface area contributed by atoms with Gasteiger partial charge in [-0.05, 0) is 85.9 Å². The van der Waals surface area contributed by atoms with Crippen molar-refractivity contribution in [1.82, 2.24) is 15.0 Å². The number of hydrogen-bond donors (Lipinski definition) is 0. The second-order valence-corrected chi connectivity index (χ2v) is 14.9. The fourth-order valence-electron chi connectivity index (χ4n) is 8.45. The van der Waals surface area contributed by atoms with Crippen molar-refractivity contribution in [2.75, 3.05) is 0 Å². The van der Waals surface area contributed by atoms with Gasteiger partial charge < -0.3 is 4.42 Å². The molecule has 10 aromatic rings. The van der Waals surface area contributed by atoms with Crippen molar-refractivity contribution in [1.29, 1.82) is 0 Å². The molecule has 0 saturated carbocycles. The van der Waals surface area contributed by atoms with Crippen molar-refractivity contribution < 1.29 is 4.42 Å². The van der Waals surface area contributed by atoms with Crippen molar-refractivity contribution in [3.8, 4) is 56.4 Å². The summed E-state index contributed by atoms with van der Waals surface area (Å²) in [6.07, 6.45) is 0. The van der Waals surface area contributed by atoms with Crippen LogP contribution in [0, 0.1) is 0 Å². The molecular weight excluding hydrogens is 659 g/mol. The van der Waals surface area contributed by atoms with E-state index >= 15 is 0 Å². The summed E-state index contributed by atoms with van der Waals surface area (Å²) in [6, 6.07) is 57.9. The van der Waals surface area contributed by atoms with Crippen LogP contribution in [0.25, 0.3) is 99.9 Å². The lowest BCUT2D eigenvalue weighted by Gasteiger charge is -2.21. The van der Waals surface area contributed by atoms with Crippen LogP contribution in [0.2, 0.25) is 0 Å². The number of aromatic nitrogens is 3. The molecule has 2 aromatic heterocycles. The van der Waals surface area contributed by atoms with Crippen LogP contribution in [0.15, 0.2) is 168 Å². The summed E-state index contributed by atoms with van der Waals surface area (Å²) < 4.78 is 6.67. The van der Waals surface area contributed by atoms with Crippen LogP contribution < -0.4 is 0 Å². The molecule has 0 N–H and O–H groups in total. The first-order chi connectivity index (χ1) is 26.5. The maximum absolute atomic E-state index is 6.67. The highest BCUT2D eigenvalue weighted by Crippen LogP contribution is 2.49. The summed E-state index contributed by atoms with van der Waals surface area (Å²) in [5.41, 5.74) is 12.3. The third kappa shape index (κ3) is 4.73. The van der Waals surface area contributed by atoms with Crippen LogP contribution in [-0.4, -0.2) is 15.0 Å². The van der Waals surface area contributed by atoms with Gasteiger partial charge in [0.05, 0.1) is 0 Å². The lowest BCUT2D eigenvalue weighted by Crippen LogP contribution is -2.14. The summed E-state index contributed by atoms with van der Waals surface area (Å²) in [5.74, 6) is 1.89. The zero-order chi connectivity index (χ0) is 36.0. The highest BCUT2D eigenvalue weighted by atomic mass is 16.3. The summed E-state index contributed by atoms with van der Waals surface area (Å²) >= 11 is 0. The number of rotatable bonds is 4. The number of hydrogen-bond acceptors (Lipinski definition) is 4. The van der Waals surface area contributed by atoms with Crippen LogP contribution in [0.3, 0.4) is 0 Å². The third-order valence-electron chi connectivity index (χ3n) is 11.3. The Morgan fingerprint density at radius 3 is 1.81 bits per heavy atom. The van der Waals surface area contributed by atoms with Crippen molar-refractivity contribution in [3.63, 3.8) is 0 Å². The van der Waals surface area contributed by atoms with Gasteiger partial charge in [-0.1, -0.05) is 141 Å². The number of nitrogens with zero attached hydrogens (tertiary/aromatic N) is 3. The van der Waals surface area contributed by atoms with E-state index in [2.05, 4.69) is 147 Å². The van der Waals surface area contributed by atoms with E-state index < -0.39 is 0 Å². The molecule has 0 unspecified atom stereocenters. The number of furan rings is 1. The normalized spacial score (nSPS) is 13.1. The Balaban J connectivity index is 1.04. The van der Waals surface area contributed by atoms with Gasteiger partial charge in [0.15, 0.2) is 17.5 Å². The summed E-state index contributed by atoms with van der Waals surface area (Å²) in [4.78, 5) is 15.1. The van der Waals surface area contributed by atoms with E-state index in [0.29, 0.717) is 17.5 Å². The Labute approximate surface area is 312 Å². The van der Waals surface area contributed by atoms with Gasteiger partial charge in [-0.25, -0.2) is 15.0 Å². The molecule has 0 saturated heterocycles. The van der Waals surface area contributed by atoms with E-state index in [1.165, 1.54) is 38.8 Å². The van der Waals surface area contributed by atoms with Crippen LogP contribution in [0.1, 0.15) is 25.0 Å². The molecule has 0 radical (unpaired) electrons. The lowest BCUT2D eigenvalue weighted by molar-refractivity contribution is 0.660. The molecule has 11 rings (SSSR count). The maximum atomic E-state index is 6.67. The minimum Gasteiger partial charge on any atom is -0.455 e. The molecule has 54 heavy (non-hydrogen) atoms. The topological polar surface area (TPSA) is 51.8 Å². The smallest absolute Gasteiger partial charge is 0.164 e. The highest BCUT2D eigenvalue weighted by Gasteiger charge is 2.35. The van der Waals surface area contributed by atoms with Gasteiger partial charge in [0, 0.05) is 38.3 Å². The predicted octanol–water partition coefficient (Wildman–Crippen LogP) is 13.1. The van der Waals surface area contributed by atoms with E-state index in [4.69, 9.17) is 19.4 Å².